The van der Waals surface area contributed by atoms with Gasteiger partial charge in [0.15, 0.2) is 0 Å². The number of nitrogens with one attached hydrogen (secondary N) is 1. The van der Waals surface area contributed by atoms with Gasteiger partial charge in [-0.25, -0.2) is 4.98 Å². The van der Waals surface area contributed by atoms with Gasteiger partial charge < -0.3 is 10.1 Å². The number of nitrogens with zero attached hydrogens (tertiary/aromatic N) is 1. The van der Waals surface area contributed by atoms with Gasteiger partial charge in [0.2, 0.25) is 0 Å². The molecule has 0 saturated carbocycles. The van der Waals surface area contributed by atoms with Crippen LogP contribution in [0.25, 0.3) is 0 Å². The monoisotopic (exact) mass is 270 g/mol. The summed E-state index contributed by atoms with van der Waals surface area (Å²) in [7, 11) is 0. The molecule has 1 N–H and O–H groups in total. The molecule has 0 amide bonds. The van der Waals surface area contributed by atoms with E-state index in [2.05, 4.69) is 42.3 Å². The second-order valence-electron chi connectivity index (χ2n) is 5.07. The van der Waals surface area contributed by atoms with E-state index in [4.69, 9.17) is 4.74 Å². The first-order valence-electron chi connectivity index (χ1n) is 7.13. The second kappa shape index (κ2) is 7.53. The highest BCUT2D eigenvalue weighted by Crippen LogP contribution is 2.20. The van der Waals surface area contributed by atoms with Crippen molar-refractivity contribution in [3.8, 4) is 5.75 Å². The molecule has 0 spiro atoms. The van der Waals surface area contributed by atoms with Gasteiger partial charge in [-0.1, -0.05) is 32.0 Å². The van der Waals surface area contributed by atoms with E-state index in [1.165, 1.54) is 5.56 Å². The summed E-state index contributed by atoms with van der Waals surface area (Å²) in [5, 5.41) is 3.27. The fourth-order valence-electron chi connectivity index (χ4n) is 1.91. The quantitative estimate of drug-likeness (QED) is 0.770. The lowest BCUT2D eigenvalue weighted by atomic mass is 10.0. The van der Waals surface area contributed by atoms with Gasteiger partial charge in [-0.05, 0) is 42.2 Å². The van der Waals surface area contributed by atoms with Crippen LogP contribution < -0.4 is 10.1 Å². The summed E-state index contributed by atoms with van der Waals surface area (Å²) < 4.78 is 5.77. The standard InChI is InChI=1S/C17H22N2O/c1-14(2)15-7-5-8-16(13-15)20-12-6-11-19-17-9-3-4-10-18-17/h3-5,7-10,13-14H,6,11-12H2,1-2H3,(H,18,19). The molecule has 0 aliphatic carbocycles. The normalized spacial score (nSPS) is 10.6. The molecule has 3 nitrogen and oxygen atoms in total. The minimum atomic E-state index is 0.532. The van der Waals surface area contributed by atoms with Crippen molar-refractivity contribution in [3.63, 3.8) is 0 Å². The molecule has 1 aromatic carbocycles. The molecule has 2 rings (SSSR count). The first kappa shape index (κ1) is 14.4. The number of pyridine rings is 1. The number of benzene rings is 1. The molecule has 0 unspecified atom stereocenters. The molecule has 2 aromatic rings. The van der Waals surface area contributed by atoms with Crippen LogP contribution in [-0.2, 0) is 0 Å². The van der Waals surface area contributed by atoms with Gasteiger partial charge in [0.1, 0.15) is 11.6 Å². The molecular formula is C17H22N2O. The summed E-state index contributed by atoms with van der Waals surface area (Å²) in [6.07, 6.45) is 2.73. The topological polar surface area (TPSA) is 34.1 Å². The third kappa shape index (κ3) is 4.57. The van der Waals surface area contributed by atoms with Crippen LogP contribution in [0.1, 0.15) is 31.7 Å². The van der Waals surface area contributed by atoms with Gasteiger partial charge in [0.05, 0.1) is 6.61 Å². The molecule has 20 heavy (non-hydrogen) atoms. The van der Waals surface area contributed by atoms with E-state index in [0.29, 0.717) is 12.5 Å². The second-order valence-corrected chi connectivity index (χ2v) is 5.07. The zero-order valence-electron chi connectivity index (χ0n) is 12.2. The van der Waals surface area contributed by atoms with Gasteiger partial charge in [0, 0.05) is 12.7 Å². The Labute approximate surface area is 121 Å². The van der Waals surface area contributed by atoms with E-state index < -0.39 is 0 Å². The van der Waals surface area contributed by atoms with Crippen molar-refractivity contribution >= 4 is 5.82 Å². The Morgan fingerprint density at radius 1 is 1.15 bits per heavy atom. The van der Waals surface area contributed by atoms with Crippen molar-refractivity contribution in [2.75, 3.05) is 18.5 Å². The Bertz CT molecular complexity index is 511. The number of hydrogen-bond acceptors (Lipinski definition) is 3. The predicted molar refractivity (Wildman–Crippen MR) is 83.4 cm³/mol. The first-order valence-corrected chi connectivity index (χ1v) is 7.13. The molecule has 1 heterocycles. The minimum absolute atomic E-state index is 0.532. The highest BCUT2D eigenvalue weighted by molar-refractivity contribution is 5.33. The molecular weight excluding hydrogens is 248 g/mol. The van der Waals surface area contributed by atoms with Crippen molar-refractivity contribution in [3.05, 3.63) is 54.2 Å². The third-order valence-corrected chi connectivity index (χ3v) is 3.09. The number of anilines is 1. The summed E-state index contributed by atoms with van der Waals surface area (Å²) in [6, 6.07) is 14.2. The molecule has 0 saturated heterocycles. The van der Waals surface area contributed by atoms with Gasteiger partial charge in [-0.3, -0.25) is 0 Å². The summed E-state index contributed by atoms with van der Waals surface area (Å²) >= 11 is 0. The van der Waals surface area contributed by atoms with Gasteiger partial charge in [-0.15, -0.1) is 0 Å². The SMILES string of the molecule is CC(C)c1cccc(OCCCNc2ccccn2)c1. The summed E-state index contributed by atoms with van der Waals surface area (Å²) in [6.45, 7) is 5.95. The maximum absolute atomic E-state index is 5.77. The number of rotatable bonds is 7. The molecule has 0 aliphatic heterocycles. The molecule has 0 fully saturated rings. The van der Waals surface area contributed by atoms with E-state index in [9.17, 15) is 0 Å². The summed E-state index contributed by atoms with van der Waals surface area (Å²) in [5.41, 5.74) is 1.31. The highest BCUT2D eigenvalue weighted by atomic mass is 16.5. The molecule has 0 aliphatic rings. The van der Waals surface area contributed by atoms with Crippen LogP contribution in [0, 0.1) is 0 Å². The Morgan fingerprint density at radius 2 is 2.05 bits per heavy atom. The Kier molecular flexibility index (Phi) is 5.42. The minimum Gasteiger partial charge on any atom is -0.494 e. The van der Waals surface area contributed by atoms with E-state index >= 15 is 0 Å². The van der Waals surface area contributed by atoms with Crippen molar-refractivity contribution in [1.29, 1.82) is 0 Å². The van der Waals surface area contributed by atoms with Crippen molar-refractivity contribution in [2.45, 2.75) is 26.2 Å². The molecule has 106 valence electrons. The van der Waals surface area contributed by atoms with E-state index in [1.807, 2.05) is 24.3 Å². The molecule has 0 atom stereocenters. The zero-order valence-corrected chi connectivity index (χ0v) is 12.2. The van der Waals surface area contributed by atoms with Crippen LogP contribution in [0.3, 0.4) is 0 Å². The molecule has 0 radical (unpaired) electrons. The number of hydrogen-bond donors (Lipinski definition) is 1. The van der Waals surface area contributed by atoms with Crippen LogP contribution in [0.2, 0.25) is 0 Å². The highest BCUT2D eigenvalue weighted by Gasteiger charge is 2.00. The zero-order chi connectivity index (χ0) is 14.2. The largest absolute Gasteiger partial charge is 0.494 e. The summed E-state index contributed by atoms with van der Waals surface area (Å²) in [5.74, 6) is 2.40. The van der Waals surface area contributed by atoms with Crippen molar-refractivity contribution < 1.29 is 4.74 Å². The van der Waals surface area contributed by atoms with Crippen molar-refractivity contribution in [2.24, 2.45) is 0 Å². The van der Waals surface area contributed by atoms with Crippen LogP contribution in [0.15, 0.2) is 48.7 Å². The first-order chi connectivity index (χ1) is 9.75. The fourth-order valence-corrected chi connectivity index (χ4v) is 1.91. The molecule has 1 aromatic heterocycles. The van der Waals surface area contributed by atoms with Gasteiger partial charge in [0.25, 0.3) is 0 Å². The lowest BCUT2D eigenvalue weighted by Crippen LogP contribution is -2.08. The van der Waals surface area contributed by atoms with Crippen LogP contribution >= 0.6 is 0 Å². The molecule has 3 heteroatoms. The predicted octanol–water partition coefficient (Wildman–Crippen LogP) is 4.09. The van der Waals surface area contributed by atoms with Gasteiger partial charge >= 0.3 is 0 Å². The fraction of sp³-hybridized carbons (Fsp3) is 0.353. The molecule has 0 bridgehead atoms. The number of ether oxygens (including phenoxy) is 1. The lowest BCUT2D eigenvalue weighted by molar-refractivity contribution is 0.314. The van der Waals surface area contributed by atoms with E-state index in [-0.39, 0.29) is 0 Å². The Balaban J connectivity index is 1.69. The van der Waals surface area contributed by atoms with Crippen LogP contribution in [-0.4, -0.2) is 18.1 Å². The maximum atomic E-state index is 5.77. The van der Waals surface area contributed by atoms with Gasteiger partial charge in [-0.2, -0.15) is 0 Å². The Morgan fingerprint density at radius 3 is 2.80 bits per heavy atom. The third-order valence-electron chi connectivity index (χ3n) is 3.09. The van der Waals surface area contributed by atoms with Crippen molar-refractivity contribution in [1.82, 2.24) is 4.98 Å². The van der Waals surface area contributed by atoms with Crippen LogP contribution in [0.4, 0.5) is 5.82 Å². The van der Waals surface area contributed by atoms with E-state index in [0.717, 1.165) is 24.5 Å². The average Bonchev–Trinajstić information content (AvgIpc) is 2.48. The maximum Gasteiger partial charge on any atom is 0.125 e. The number of aromatic nitrogens is 1. The lowest BCUT2D eigenvalue weighted by Gasteiger charge is -2.10. The van der Waals surface area contributed by atoms with E-state index in [1.54, 1.807) is 6.20 Å². The summed E-state index contributed by atoms with van der Waals surface area (Å²) in [4.78, 5) is 4.21. The average molecular weight is 270 g/mol. The Hall–Kier alpha value is -2.03. The van der Waals surface area contributed by atoms with Crippen LogP contribution in [0.5, 0.6) is 5.75 Å². The smallest absolute Gasteiger partial charge is 0.125 e.